The van der Waals surface area contributed by atoms with Crippen LogP contribution in [0.2, 0.25) is 0 Å². The van der Waals surface area contributed by atoms with E-state index in [9.17, 15) is 0 Å². The molecule has 0 aromatic heterocycles. The van der Waals surface area contributed by atoms with E-state index in [0.717, 1.165) is 17.4 Å². The topological polar surface area (TPSA) is 30.0 Å². The Labute approximate surface area is 92.7 Å². The smallest absolute Gasteiger partial charge is 0.104 e. The van der Waals surface area contributed by atoms with Gasteiger partial charge in [-0.05, 0) is 12.0 Å². The van der Waals surface area contributed by atoms with E-state index in [1.807, 2.05) is 6.08 Å². The highest BCUT2D eigenvalue weighted by molar-refractivity contribution is 5.23. The lowest BCUT2D eigenvalue weighted by molar-refractivity contribution is -0.884. The first-order valence-corrected chi connectivity index (χ1v) is 5.00. The molecule has 2 heteroatoms. The summed E-state index contributed by atoms with van der Waals surface area (Å²) < 4.78 is 0.973. The molecule has 0 heterocycles. The van der Waals surface area contributed by atoms with Crippen LogP contribution in [0.25, 0.3) is 0 Å². The van der Waals surface area contributed by atoms with Gasteiger partial charge < -0.3 is 9.96 Å². The van der Waals surface area contributed by atoms with Crippen LogP contribution in [0.1, 0.15) is 11.1 Å². The standard InChI is InChI=1S/C13H20N.H2O/c1-5-6-12-7-9-13(10-8-12)11-14(2,3)4;/h5,7-10H,1,6,11H2,2-4H3;1H2/q+1;/p-1. The molecule has 0 aliphatic heterocycles. The molecule has 0 atom stereocenters. The molecule has 0 aliphatic carbocycles. The molecule has 0 saturated carbocycles. The molecule has 15 heavy (non-hydrogen) atoms. The van der Waals surface area contributed by atoms with Crippen molar-refractivity contribution >= 4 is 0 Å². The second kappa shape index (κ2) is 5.69. The summed E-state index contributed by atoms with van der Waals surface area (Å²) in [5, 5.41) is 0. The molecule has 84 valence electrons. The lowest BCUT2D eigenvalue weighted by Crippen LogP contribution is -2.33. The Morgan fingerprint density at radius 2 is 1.53 bits per heavy atom. The summed E-state index contributed by atoms with van der Waals surface area (Å²) in [6, 6.07) is 8.80. The highest BCUT2D eigenvalue weighted by Crippen LogP contribution is 2.09. The zero-order valence-electron chi connectivity index (χ0n) is 9.90. The summed E-state index contributed by atoms with van der Waals surface area (Å²) in [7, 11) is 6.62. The Balaban J connectivity index is 0.00000196. The van der Waals surface area contributed by atoms with E-state index in [1.54, 1.807) is 0 Å². The van der Waals surface area contributed by atoms with Gasteiger partial charge in [0.25, 0.3) is 0 Å². The molecule has 0 bridgehead atoms. The molecule has 0 aliphatic rings. The van der Waals surface area contributed by atoms with Crippen molar-refractivity contribution < 1.29 is 9.96 Å². The molecule has 1 rings (SSSR count). The van der Waals surface area contributed by atoms with Gasteiger partial charge in [-0.15, -0.1) is 6.58 Å². The first kappa shape index (κ1) is 13.9. The number of hydrogen-bond donors (Lipinski definition) is 0. The molecule has 0 spiro atoms. The molecule has 1 aromatic carbocycles. The third kappa shape index (κ3) is 5.35. The molecule has 0 amide bonds. The Hall–Kier alpha value is -1.12. The predicted octanol–water partition coefficient (Wildman–Crippen LogP) is 2.44. The van der Waals surface area contributed by atoms with Crippen LogP contribution in [-0.2, 0) is 13.0 Å². The van der Waals surface area contributed by atoms with Crippen molar-refractivity contribution in [2.75, 3.05) is 21.1 Å². The van der Waals surface area contributed by atoms with Gasteiger partial charge in [-0.1, -0.05) is 30.3 Å². The Kier molecular flexibility index (Phi) is 5.26. The van der Waals surface area contributed by atoms with E-state index in [1.165, 1.54) is 11.1 Å². The first-order chi connectivity index (χ1) is 6.51. The summed E-state index contributed by atoms with van der Waals surface area (Å²) >= 11 is 0. The predicted molar refractivity (Wildman–Crippen MR) is 64.0 cm³/mol. The third-order valence-corrected chi connectivity index (χ3v) is 2.06. The summed E-state index contributed by atoms with van der Waals surface area (Å²) in [6.45, 7) is 4.81. The molecule has 0 saturated heterocycles. The van der Waals surface area contributed by atoms with Gasteiger partial charge >= 0.3 is 0 Å². The first-order valence-electron chi connectivity index (χ1n) is 5.00. The molecule has 1 N–H and O–H groups in total. The highest BCUT2D eigenvalue weighted by Gasteiger charge is 2.07. The molecular weight excluding hydrogens is 186 g/mol. The molecule has 0 radical (unpaired) electrons. The van der Waals surface area contributed by atoms with E-state index >= 15 is 0 Å². The average Bonchev–Trinajstić information content (AvgIpc) is 2.06. The fourth-order valence-corrected chi connectivity index (χ4v) is 1.50. The minimum Gasteiger partial charge on any atom is -0.870 e. The van der Waals surface area contributed by atoms with Gasteiger partial charge in [0.05, 0.1) is 21.1 Å². The Bertz CT molecular complexity index is 295. The van der Waals surface area contributed by atoms with Crippen LogP contribution in [0.15, 0.2) is 36.9 Å². The lowest BCUT2D eigenvalue weighted by atomic mass is 10.1. The van der Waals surface area contributed by atoms with Crippen molar-refractivity contribution in [1.29, 1.82) is 0 Å². The van der Waals surface area contributed by atoms with E-state index in [-0.39, 0.29) is 5.48 Å². The number of allylic oxidation sites excluding steroid dienone is 1. The number of nitrogens with zero attached hydrogens (tertiary/aromatic N) is 1. The van der Waals surface area contributed by atoms with E-state index in [4.69, 9.17) is 0 Å². The Morgan fingerprint density at radius 1 is 1.07 bits per heavy atom. The van der Waals surface area contributed by atoms with Gasteiger partial charge in [-0.25, -0.2) is 0 Å². The summed E-state index contributed by atoms with van der Waals surface area (Å²) in [6.07, 6.45) is 2.90. The maximum atomic E-state index is 3.73. The van der Waals surface area contributed by atoms with Gasteiger partial charge in [-0.3, -0.25) is 0 Å². The average molecular weight is 207 g/mol. The summed E-state index contributed by atoms with van der Waals surface area (Å²) in [4.78, 5) is 0. The van der Waals surface area contributed by atoms with Crippen LogP contribution in [0, 0.1) is 0 Å². The fraction of sp³-hybridized carbons (Fsp3) is 0.385. The summed E-state index contributed by atoms with van der Waals surface area (Å²) in [5.41, 5.74) is 2.73. The van der Waals surface area contributed by atoms with Crippen LogP contribution in [-0.4, -0.2) is 31.1 Å². The number of benzene rings is 1. The maximum Gasteiger partial charge on any atom is 0.104 e. The largest absolute Gasteiger partial charge is 0.870 e. The van der Waals surface area contributed by atoms with Crippen molar-refractivity contribution in [3.8, 4) is 0 Å². The Morgan fingerprint density at radius 3 is 1.93 bits per heavy atom. The maximum absolute atomic E-state index is 3.73. The van der Waals surface area contributed by atoms with Crippen molar-refractivity contribution in [3.05, 3.63) is 48.0 Å². The van der Waals surface area contributed by atoms with Gasteiger partial charge in [0.1, 0.15) is 6.54 Å². The quantitative estimate of drug-likeness (QED) is 0.551. The molecule has 0 fully saturated rings. The second-order valence-corrected chi connectivity index (χ2v) is 4.76. The minimum absolute atomic E-state index is 0. The molecule has 1 aromatic rings. The molecule has 2 nitrogen and oxygen atoms in total. The second-order valence-electron chi connectivity index (χ2n) is 4.76. The van der Waals surface area contributed by atoms with Crippen molar-refractivity contribution in [3.63, 3.8) is 0 Å². The van der Waals surface area contributed by atoms with E-state index in [0.29, 0.717) is 0 Å². The SMILES string of the molecule is C=CCc1ccc(C[N+](C)(C)C)cc1.[OH-]. The lowest BCUT2D eigenvalue weighted by Gasteiger charge is -2.23. The minimum atomic E-state index is 0. The zero-order valence-corrected chi connectivity index (χ0v) is 9.90. The van der Waals surface area contributed by atoms with Crippen LogP contribution in [0.5, 0.6) is 0 Å². The van der Waals surface area contributed by atoms with E-state index < -0.39 is 0 Å². The highest BCUT2D eigenvalue weighted by atomic mass is 16.0. The molecular formula is C13H21NO. The van der Waals surface area contributed by atoms with Crippen LogP contribution >= 0.6 is 0 Å². The number of quaternary nitrogens is 1. The molecule has 0 unspecified atom stereocenters. The van der Waals surface area contributed by atoms with Crippen molar-refractivity contribution in [2.45, 2.75) is 13.0 Å². The number of rotatable bonds is 4. The van der Waals surface area contributed by atoms with Crippen molar-refractivity contribution in [1.82, 2.24) is 0 Å². The van der Waals surface area contributed by atoms with Gasteiger partial charge in [-0.2, -0.15) is 0 Å². The van der Waals surface area contributed by atoms with Crippen molar-refractivity contribution in [2.24, 2.45) is 0 Å². The summed E-state index contributed by atoms with van der Waals surface area (Å²) in [5.74, 6) is 0. The normalized spacial score (nSPS) is 10.6. The zero-order chi connectivity index (χ0) is 10.6. The third-order valence-electron chi connectivity index (χ3n) is 2.06. The fourth-order valence-electron chi connectivity index (χ4n) is 1.50. The van der Waals surface area contributed by atoms with Crippen LogP contribution in [0.3, 0.4) is 0 Å². The number of hydrogen-bond acceptors (Lipinski definition) is 1. The monoisotopic (exact) mass is 207 g/mol. The van der Waals surface area contributed by atoms with E-state index in [2.05, 4.69) is 52.0 Å². The van der Waals surface area contributed by atoms with Gasteiger partial charge in [0, 0.05) is 5.56 Å². The van der Waals surface area contributed by atoms with Crippen LogP contribution in [0.4, 0.5) is 0 Å². The van der Waals surface area contributed by atoms with Gasteiger partial charge in [0.2, 0.25) is 0 Å². The van der Waals surface area contributed by atoms with Crippen LogP contribution < -0.4 is 0 Å². The van der Waals surface area contributed by atoms with Gasteiger partial charge in [0.15, 0.2) is 0 Å².